The van der Waals surface area contributed by atoms with Gasteiger partial charge in [0.2, 0.25) is 0 Å². The van der Waals surface area contributed by atoms with E-state index in [2.05, 4.69) is 6.92 Å². The van der Waals surface area contributed by atoms with Crippen molar-refractivity contribution in [2.24, 2.45) is 11.7 Å². The van der Waals surface area contributed by atoms with Crippen molar-refractivity contribution in [2.75, 3.05) is 13.1 Å². The maximum Gasteiger partial charge on any atom is 0.265 e. The molecule has 2 rings (SSSR count). The van der Waals surface area contributed by atoms with Crippen LogP contribution in [0.4, 0.5) is 0 Å². The third kappa shape index (κ3) is 2.56. The minimum atomic E-state index is 0.0590. The standard InChI is InChI=1S/C13H19ClN2OS/c1-8-7-18-12(11(8)14)13(17)16-6-10(5-15)4-3-9(16)2/h7,9-10H,3-6,15H2,1-2H3. The molecule has 1 amide bonds. The summed E-state index contributed by atoms with van der Waals surface area (Å²) in [6.07, 6.45) is 2.13. The second kappa shape index (κ2) is 5.59. The van der Waals surface area contributed by atoms with E-state index in [-0.39, 0.29) is 11.9 Å². The first-order valence-corrected chi connectivity index (χ1v) is 7.55. The minimum absolute atomic E-state index is 0.0590. The molecular weight excluding hydrogens is 268 g/mol. The van der Waals surface area contributed by atoms with Gasteiger partial charge in [-0.3, -0.25) is 4.79 Å². The number of thiophene rings is 1. The van der Waals surface area contributed by atoms with Crippen molar-refractivity contribution in [1.29, 1.82) is 0 Å². The van der Waals surface area contributed by atoms with Crippen LogP contribution in [-0.2, 0) is 0 Å². The number of carbonyl (C=O) groups excluding carboxylic acids is 1. The van der Waals surface area contributed by atoms with Gasteiger partial charge in [-0.2, -0.15) is 0 Å². The maximum atomic E-state index is 12.5. The van der Waals surface area contributed by atoms with Crippen molar-refractivity contribution in [2.45, 2.75) is 32.7 Å². The van der Waals surface area contributed by atoms with E-state index in [1.807, 2.05) is 17.2 Å². The lowest BCUT2D eigenvalue weighted by molar-refractivity contribution is 0.0572. The average Bonchev–Trinajstić information content (AvgIpc) is 2.70. The fourth-order valence-corrected chi connectivity index (χ4v) is 3.59. The fraction of sp³-hybridized carbons (Fsp3) is 0.615. The minimum Gasteiger partial charge on any atom is -0.335 e. The number of likely N-dealkylation sites (tertiary alicyclic amines) is 1. The van der Waals surface area contributed by atoms with Gasteiger partial charge < -0.3 is 10.6 Å². The van der Waals surface area contributed by atoms with Gasteiger partial charge in [-0.15, -0.1) is 11.3 Å². The molecule has 3 nitrogen and oxygen atoms in total. The van der Waals surface area contributed by atoms with E-state index in [1.54, 1.807) is 0 Å². The molecular formula is C13H19ClN2OS. The summed E-state index contributed by atoms with van der Waals surface area (Å²) in [7, 11) is 0. The summed E-state index contributed by atoms with van der Waals surface area (Å²) >= 11 is 7.61. The van der Waals surface area contributed by atoms with Gasteiger partial charge in [0.1, 0.15) is 4.88 Å². The molecule has 1 fully saturated rings. The van der Waals surface area contributed by atoms with Crippen LogP contribution >= 0.6 is 22.9 Å². The molecule has 2 N–H and O–H groups in total. The number of amides is 1. The summed E-state index contributed by atoms with van der Waals surface area (Å²) in [5.41, 5.74) is 6.70. The zero-order chi connectivity index (χ0) is 13.3. The maximum absolute atomic E-state index is 12.5. The van der Waals surface area contributed by atoms with Gasteiger partial charge >= 0.3 is 0 Å². The lowest BCUT2D eigenvalue weighted by Crippen LogP contribution is -2.47. The lowest BCUT2D eigenvalue weighted by Gasteiger charge is -2.37. The van der Waals surface area contributed by atoms with E-state index in [9.17, 15) is 4.79 Å². The number of aryl methyl sites for hydroxylation is 1. The topological polar surface area (TPSA) is 46.3 Å². The van der Waals surface area contributed by atoms with Crippen LogP contribution in [0.15, 0.2) is 5.38 Å². The van der Waals surface area contributed by atoms with E-state index in [0.717, 1.165) is 24.9 Å². The SMILES string of the molecule is Cc1csc(C(=O)N2CC(CN)CCC2C)c1Cl. The third-order valence-corrected chi connectivity index (χ3v) is 5.35. The monoisotopic (exact) mass is 286 g/mol. The van der Waals surface area contributed by atoms with Gasteiger partial charge in [0.05, 0.1) is 5.02 Å². The molecule has 0 spiro atoms. The van der Waals surface area contributed by atoms with Crippen LogP contribution in [0.2, 0.25) is 5.02 Å². The zero-order valence-corrected chi connectivity index (χ0v) is 12.4. The highest BCUT2D eigenvalue weighted by Gasteiger charge is 2.30. The first kappa shape index (κ1) is 13.8. The quantitative estimate of drug-likeness (QED) is 0.909. The number of nitrogens with two attached hydrogens (primary N) is 1. The molecule has 0 bridgehead atoms. The molecule has 100 valence electrons. The Morgan fingerprint density at radius 1 is 1.61 bits per heavy atom. The largest absolute Gasteiger partial charge is 0.335 e. The molecule has 18 heavy (non-hydrogen) atoms. The molecule has 1 saturated heterocycles. The normalized spacial score (nSPS) is 24.3. The fourth-order valence-electron chi connectivity index (χ4n) is 2.36. The van der Waals surface area contributed by atoms with Crippen molar-refractivity contribution >= 4 is 28.8 Å². The van der Waals surface area contributed by atoms with Crippen LogP contribution in [-0.4, -0.2) is 29.9 Å². The van der Waals surface area contributed by atoms with Crippen molar-refractivity contribution in [3.8, 4) is 0 Å². The van der Waals surface area contributed by atoms with Crippen LogP contribution in [0.5, 0.6) is 0 Å². The number of hydrogen-bond acceptors (Lipinski definition) is 3. The molecule has 1 aromatic heterocycles. The van der Waals surface area contributed by atoms with E-state index in [0.29, 0.717) is 22.4 Å². The van der Waals surface area contributed by atoms with Crippen LogP contribution in [0.3, 0.4) is 0 Å². The average molecular weight is 287 g/mol. The van der Waals surface area contributed by atoms with E-state index in [1.165, 1.54) is 11.3 Å². The van der Waals surface area contributed by atoms with Gasteiger partial charge in [-0.25, -0.2) is 0 Å². The number of piperidine rings is 1. The zero-order valence-electron chi connectivity index (χ0n) is 10.8. The third-order valence-electron chi connectivity index (χ3n) is 3.67. The molecule has 2 unspecified atom stereocenters. The van der Waals surface area contributed by atoms with E-state index in [4.69, 9.17) is 17.3 Å². The van der Waals surface area contributed by atoms with Crippen molar-refractivity contribution in [3.63, 3.8) is 0 Å². The Morgan fingerprint density at radius 2 is 2.33 bits per heavy atom. The van der Waals surface area contributed by atoms with Crippen LogP contribution in [0.25, 0.3) is 0 Å². The summed E-state index contributed by atoms with van der Waals surface area (Å²) < 4.78 is 0. The van der Waals surface area contributed by atoms with E-state index < -0.39 is 0 Å². The summed E-state index contributed by atoms with van der Waals surface area (Å²) in [5, 5.41) is 2.54. The second-order valence-electron chi connectivity index (χ2n) is 5.05. The Balaban J connectivity index is 2.19. The molecule has 0 saturated carbocycles. The molecule has 0 radical (unpaired) electrons. The van der Waals surface area contributed by atoms with Crippen molar-refractivity contribution < 1.29 is 4.79 Å². The Hall–Kier alpha value is -0.580. The summed E-state index contributed by atoms with van der Waals surface area (Å²) in [4.78, 5) is 15.1. The highest BCUT2D eigenvalue weighted by atomic mass is 35.5. The molecule has 5 heteroatoms. The molecule has 2 atom stereocenters. The molecule has 2 heterocycles. The number of halogens is 1. The summed E-state index contributed by atoms with van der Waals surface area (Å²) in [5.74, 6) is 0.480. The van der Waals surface area contributed by atoms with Gasteiger partial charge in [-0.05, 0) is 50.1 Å². The Morgan fingerprint density at radius 3 is 2.89 bits per heavy atom. The summed E-state index contributed by atoms with van der Waals surface area (Å²) in [6.45, 7) is 5.43. The highest BCUT2D eigenvalue weighted by Crippen LogP contribution is 2.31. The van der Waals surface area contributed by atoms with Gasteiger partial charge in [0.15, 0.2) is 0 Å². The lowest BCUT2D eigenvalue weighted by atomic mass is 9.93. The van der Waals surface area contributed by atoms with Crippen molar-refractivity contribution in [1.82, 2.24) is 4.90 Å². The van der Waals surface area contributed by atoms with Crippen LogP contribution < -0.4 is 5.73 Å². The van der Waals surface area contributed by atoms with Gasteiger partial charge in [0.25, 0.3) is 5.91 Å². The Labute approximate surface area is 117 Å². The predicted molar refractivity (Wildman–Crippen MR) is 76.3 cm³/mol. The highest BCUT2D eigenvalue weighted by molar-refractivity contribution is 7.13. The first-order valence-electron chi connectivity index (χ1n) is 6.29. The number of nitrogens with zero attached hydrogens (tertiary/aromatic N) is 1. The molecule has 1 aliphatic heterocycles. The van der Waals surface area contributed by atoms with Crippen molar-refractivity contribution in [3.05, 3.63) is 20.8 Å². The second-order valence-corrected chi connectivity index (χ2v) is 6.31. The first-order chi connectivity index (χ1) is 8.54. The van der Waals surface area contributed by atoms with Gasteiger partial charge in [0, 0.05) is 12.6 Å². The van der Waals surface area contributed by atoms with Crippen LogP contribution in [0, 0.1) is 12.8 Å². The Bertz CT molecular complexity index is 446. The predicted octanol–water partition coefficient (Wildman–Crippen LogP) is 2.91. The summed E-state index contributed by atoms with van der Waals surface area (Å²) in [6, 6.07) is 0.277. The number of rotatable bonds is 2. The number of hydrogen-bond donors (Lipinski definition) is 1. The molecule has 1 aliphatic rings. The molecule has 0 aromatic carbocycles. The number of carbonyl (C=O) groups is 1. The molecule has 1 aromatic rings. The Kier molecular flexibility index (Phi) is 4.30. The van der Waals surface area contributed by atoms with Gasteiger partial charge in [-0.1, -0.05) is 11.6 Å². The van der Waals surface area contributed by atoms with E-state index >= 15 is 0 Å². The smallest absolute Gasteiger partial charge is 0.265 e. The van der Waals surface area contributed by atoms with Crippen LogP contribution in [0.1, 0.15) is 35.0 Å². The molecule has 0 aliphatic carbocycles.